The van der Waals surface area contributed by atoms with Crippen LogP contribution in [0.5, 0.6) is 0 Å². The molecule has 1 fully saturated rings. The van der Waals surface area contributed by atoms with Crippen LogP contribution in [-0.2, 0) is 0 Å². The van der Waals surface area contributed by atoms with E-state index >= 15 is 4.39 Å². The van der Waals surface area contributed by atoms with Crippen molar-refractivity contribution in [1.29, 1.82) is 0 Å². The molecule has 3 aromatic rings. The number of aromatic nitrogens is 3. The average Bonchev–Trinajstić information content (AvgIpc) is 3.30. The number of nitrogens with zero attached hydrogens (tertiary/aromatic N) is 6. The molecule has 0 radical (unpaired) electrons. The zero-order chi connectivity index (χ0) is 28.6. The number of likely N-dealkylation sites (N-methyl/N-ethyl adjacent to an activating group) is 1. The lowest BCUT2D eigenvalue weighted by Gasteiger charge is -2.34. The van der Waals surface area contributed by atoms with E-state index in [1.165, 1.54) is 5.57 Å². The summed E-state index contributed by atoms with van der Waals surface area (Å²) in [5, 5.41) is 3.35. The normalized spacial score (nSPS) is 16.1. The van der Waals surface area contributed by atoms with Crippen LogP contribution in [-0.4, -0.2) is 69.8 Å². The van der Waals surface area contributed by atoms with Crippen LogP contribution in [0, 0.1) is 12.7 Å². The van der Waals surface area contributed by atoms with Gasteiger partial charge >= 0.3 is 0 Å². The topological polar surface area (TPSA) is 61.6 Å². The predicted molar refractivity (Wildman–Crippen MR) is 165 cm³/mol. The molecule has 0 aliphatic carbocycles. The van der Waals surface area contributed by atoms with Gasteiger partial charge in [-0.2, -0.15) is 0 Å². The molecule has 0 amide bonds. The lowest BCUT2D eigenvalue weighted by Crippen LogP contribution is -2.46. The Morgan fingerprint density at radius 1 is 1.10 bits per heavy atom. The number of pyridine rings is 1. The van der Waals surface area contributed by atoms with Crippen LogP contribution in [0.4, 0.5) is 10.2 Å². The van der Waals surface area contributed by atoms with Crippen LogP contribution >= 0.6 is 0 Å². The zero-order valence-electron chi connectivity index (χ0n) is 24.9. The molecule has 0 spiro atoms. The number of aryl methyl sites for hydroxylation is 1. The minimum absolute atomic E-state index is 0.182. The van der Waals surface area contributed by atoms with E-state index in [-0.39, 0.29) is 11.9 Å². The summed E-state index contributed by atoms with van der Waals surface area (Å²) in [6.45, 7) is 18.9. The maximum absolute atomic E-state index is 15.1. The van der Waals surface area contributed by atoms with Crippen molar-refractivity contribution >= 4 is 23.1 Å². The highest BCUT2D eigenvalue weighted by molar-refractivity contribution is 5.84. The number of halogens is 1. The molecule has 7 nitrogen and oxygen atoms in total. The van der Waals surface area contributed by atoms with Crippen molar-refractivity contribution < 1.29 is 4.39 Å². The van der Waals surface area contributed by atoms with E-state index in [9.17, 15) is 0 Å². The number of nitrogens with one attached hydrogen (secondary N) is 1. The Balaban J connectivity index is 1.51. The number of rotatable bonds is 11. The van der Waals surface area contributed by atoms with Gasteiger partial charge in [-0.25, -0.2) is 19.4 Å². The third-order valence-corrected chi connectivity index (χ3v) is 7.45. The Bertz CT molecular complexity index is 1380. The summed E-state index contributed by atoms with van der Waals surface area (Å²) in [5.41, 5.74) is 4.11. The molecule has 1 aliphatic heterocycles. The lowest BCUT2D eigenvalue weighted by molar-refractivity contribution is 0.147. The van der Waals surface area contributed by atoms with Gasteiger partial charge in [0.15, 0.2) is 5.82 Å². The Hall–Kier alpha value is -3.36. The van der Waals surface area contributed by atoms with Gasteiger partial charge in [-0.05, 0) is 87.7 Å². The Morgan fingerprint density at radius 2 is 1.85 bits per heavy atom. The molecule has 1 aliphatic rings. The summed E-state index contributed by atoms with van der Waals surface area (Å²) in [7, 11) is 0. The Labute approximate surface area is 238 Å². The molecule has 8 heteroatoms. The molecular formula is C32H44FN7. The molecule has 214 valence electrons. The number of hydrogen-bond acceptors (Lipinski definition) is 6. The fourth-order valence-electron chi connectivity index (χ4n) is 5.24. The highest BCUT2D eigenvalue weighted by Gasteiger charge is 2.17. The molecule has 0 saturated carbocycles. The number of unbranched alkanes of at least 4 members (excludes halogenated alkanes) is 1. The van der Waals surface area contributed by atoms with Crippen LogP contribution in [0.15, 0.2) is 59.0 Å². The third-order valence-electron chi connectivity index (χ3n) is 7.45. The number of piperazine rings is 1. The van der Waals surface area contributed by atoms with Crippen molar-refractivity contribution in [3.63, 3.8) is 0 Å². The fourth-order valence-corrected chi connectivity index (χ4v) is 5.24. The quantitative estimate of drug-likeness (QED) is 0.268. The van der Waals surface area contributed by atoms with Crippen molar-refractivity contribution in [2.24, 2.45) is 4.99 Å². The first-order valence-corrected chi connectivity index (χ1v) is 14.6. The summed E-state index contributed by atoms with van der Waals surface area (Å²) in [4.78, 5) is 18.8. The smallest absolute Gasteiger partial charge is 0.151 e. The van der Waals surface area contributed by atoms with Gasteiger partial charge in [-0.1, -0.05) is 26.3 Å². The number of allylic oxidation sites excluding steroid dienone is 2. The number of anilines is 1. The molecule has 4 rings (SSSR count). The number of aliphatic imine (C=N–C) groups is 1. The molecule has 0 atom stereocenters. The first-order chi connectivity index (χ1) is 19.3. The molecule has 1 N–H and O–H groups in total. The van der Waals surface area contributed by atoms with E-state index in [2.05, 4.69) is 63.4 Å². The van der Waals surface area contributed by atoms with Gasteiger partial charge in [-0.15, -0.1) is 0 Å². The van der Waals surface area contributed by atoms with E-state index in [4.69, 9.17) is 4.99 Å². The molecule has 3 heterocycles. The number of fused-ring (bicyclic) bond motifs is 1. The number of imidazole rings is 1. The van der Waals surface area contributed by atoms with Gasteiger partial charge in [0, 0.05) is 51.2 Å². The first kappa shape index (κ1) is 29.6. The lowest BCUT2D eigenvalue weighted by atomic mass is 10.1. The van der Waals surface area contributed by atoms with Crippen molar-refractivity contribution in [2.75, 3.05) is 44.6 Å². The maximum Gasteiger partial charge on any atom is 0.151 e. The van der Waals surface area contributed by atoms with Crippen molar-refractivity contribution in [1.82, 2.24) is 24.3 Å². The number of benzene rings is 1. The summed E-state index contributed by atoms with van der Waals surface area (Å²) >= 11 is 0. The minimum atomic E-state index is -0.317. The molecule has 0 bridgehead atoms. The van der Waals surface area contributed by atoms with E-state index in [1.807, 2.05) is 44.3 Å². The van der Waals surface area contributed by atoms with Gasteiger partial charge in [0.25, 0.3) is 0 Å². The van der Waals surface area contributed by atoms with E-state index in [0.29, 0.717) is 11.3 Å². The summed E-state index contributed by atoms with van der Waals surface area (Å²) < 4.78 is 17.1. The first-order valence-electron chi connectivity index (χ1n) is 14.6. The monoisotopic (exact) mass is 545 g/mol. The van der Waals surface area contributed by atoms with Gasteiger partial charge in [0.05, 0.1) is 5.52 Å². The van der Waals surface area contributed by atoms with Gasteiger partial charge < -0.3 is 14.8 Å². The summed E-state index contributed by atoms with van der Waals surface area (Å²) in [6.07, 6.45) is 10.1. The SMILES string of the molecule is C\C=C(/N=C\C(=C\CCC)CN1CCN(CC)CC1)Nc1cc(-c2cc(F)c3nc(C)n(C(C)C)c3c2)ccn1. The zero-order valence-corrected chi connectivity index (χ0v) is 24.9. The van der Waals surface area contributed by atoms with Gasteiger partial charge in [-0.3, -0.25) is 4.90 Å². The largest absolute Gasteiger partial charge is 0.326 e. The van der Waals surface area contributed by atoms with Crippen LogP contribution in [0.25, 0.3) is 22.2 Å². The van der Waals surface area contributed by atoms with Crippen molar-refractivity contribution in [3.8, 4) is 11.1 Å². The Morgan fingerprint density at radius 3 is 2.52 bits per heavy atom. The average molecular weight is 546 g/mol. The molecule has 0 unspecified atom stereocenters. The molecule has 2 aromatic heterocycles. The fraction of sp³-hybridized carbons (Fsp3) is 0.469. The van der Waals surface area contributed by atoms with E-state index in [1.54, 1.807) is 12.3 Å². The molecule has 40 heavy (non-hydrogen) atoms. The van der Waals surface area contributed by atoms with Crippen molar-refractivity contribution in [2.45, 2.75) is 60.4 Å². The van der Waals surface area contributed by atoms with Gasteiger partial charge in [0.2, 0.25) is 0 Å². The standard InChI is InChI=1S/C32H44FN7/c1-7-10-11-25(22-39-16-14-38(9-3)15-17-39)21-35-30(8-2)37-31-20-26(12-13-34-31)27-18-28(33)32-29(19-27)40(23(4)5)24(6)36-32/h8,11-13,18-21,23H,7,9-10,14-17,22H2,1-6H3,(H,34,37)/b25-11-,30-8+,35-21-. The highest BCUT2D eigenvalue weighted by Crippen LogP contribution is 2.30. The van der Waals surface area contributed by atoms with Crippen LogP contribution in [0.2, 0.25) is 0 Å². The second kappa shape index (κ2) is 13.8. The predicted octanol–water partition coefficient (Wildman–Crippen LogP) is 6.83. The summed E-state index contributed by atoms with van der Waals surface area (Å²) in [5.74, 6) is 1.87. The maximum atomic E-state index is 15.1. The van der Waals surface area contributed by atoms with E-state index < -0.39 is 0 Å². The summed E-state index contributed by atoms with van der Waals surface area (Å²) in [6, 6.07) is 7.58. The van der Waals surface area contributed by atoms with Gasteiger partial charge in [0.1, 0.15) is 23.0 Å². The van der Waals surface area contributed by atoms with Crippen LogP contribution < -0.4 is 5.32 Å². The number of hydrogen-bond donors (Lipinski definition) is 1. The minimum Gasteiger partial charge on any atom is -0.326 e. The van der Waals surface area contributed by atoms with E-state index in [0.717, 1.165) is 80.4 Å². The molecular weight excluding hydrogens is 501 g/mol. The Kier molecular flexibility index (Phi) is 10.2. The molecule has 1 aromatic carbocycles. The van der Waals surface area contributed by atoms with Crippen molar-refractivity contribution in [3.05, 3.63) is 65.7 Å². The third kappa shape index (κ3) is 7.23. The second-order valence-corrected chi connectivity index (χ2v) is 10.7. The molecule has 1 saturated heterocycles. The second-order valence-electron chi connectivity index (χ2n) is 10.7. The highest BCUT2D eigenvalue weighted by atomic mass is 19.1. The van der Waals surface area contributed by atoms with Crippen LogP contribution in [0.3, 0.4) is 0 Å². The van der Waals surface area contributed by atoms with Crippen LogP contribution in [0.1, 0.15) is 59.3 Å².